The van der Waals surface area contributed by atoms with Gasteiger partial charge in [0, 0.05) is 22.1 Å². The molecule has 0 aliphatic rings. The van der Waals surface area contributed by atoms with Crippen molar-refractivity contribution in [2.45, 2.75) is 0 Å². The van der Waals surface area contributed by atoms with E-state index < -0.39 is 12.2 Å². The van der Waals surface area contributed by atoms with E-state index >= 15 is 0 Å². The standard InChI is InChI=1S/C21H18ClN3O4/c1-3-9-28-20(26)23-13-5-7-15-17(11-13)25-18-12-14(6-8-16(18)19(15)22)24-21(27)29-10-4-2/h3-8,11-12H,1-2,9-10H2,(H,23,26)(H,24,27). The smallest absolute Gasteiger partial charge is 0.411 e. The highest BCUT2D eigenvalue weighted by molar-refractivity contribution is 6.40. The lowest BCUT2D eigenvalue weighted by Gasteiger charge is -2.10. The van der Waals surface area contributed by atoms with Crippen LogP contribution < -0.4 is 10.6 Å². The van der Waals surface area contributed by atoms with Crippen molar-refractivity contribution in [1.29, 1.82) is 0 Å². The van der Waals surface area contributed by atoms with E-state index in [4.69, 9.17) is 21.1 Å². The molecule has 3 aromatic rings. The highest BCUT2D eigenvalue weighted by Crippen LogP contribution is 2.33. The van der Waals surface area contributed by atoms with Crippen LogP contribution in [-0.2, 0) is 9.47 Å². The Morgan fingerprint density at radius 3 is 1.76 bits per heavy atom. The summed E-state index contributed by atoms with van der Waals surface area (Å²) < 4.78 is 9.82. The maximum absolute atomic E-state index is 11.7. The lowest BCUT2D eigenvalue weighted by Crippen LogP contribution is -2.13. The van der Waals surface area contributed by atoms with E-state index in [9.17, 15) is 9.59 Å². The average molecular weight is 412 g/mol. The lowest BCUT2D eigenvalue weighted by atomic mass is 10.1. The summed E-state index contributed by atoms with van der Waals surface area (Å²) in [6, 6.07) is 10.3. The maximum Gasteiger partial charge on any atom is 0.411 e. The Morgan fingerprint density at radius 2 is 1.34 bits per heavy atom. The van der Waals surface area contributed by atoms with Crippen molar-refractivity contribution in [1.82, 2.24) is 4.98 Å². The monoisotopic (exact) mass is 411 g/mol. The number of anilines is 2. The van der Waals surface area contributed by atoms with Gasteiger partial charge in [-0.05, 0) is 36.4 Å². The molecular weight excluding hydrogens is 394 g/mol. The van der Waals surface area contributed by atoms with Crippen molar-refractivity contribution in [3.63, 3.8) is 0 Å². The molecule has 0 unspecified atom stereocenters. The number of halogens is 1. The molecule has 7 nitrogen and oxygen atoms in total. The van der Waals surface area contributed by atoms with Gasteiger partial charge in [0.2, 0.25) is 0 Å². The minimum atomic E-state index is -0.597. The Labute approximate surface area is 172 Å². The number of pyridine rings is 1. The molecule has 2 amide bonds. The van der Waals surface area contributed by atoms with E-state index in [0.29, 0.717) is 27.4 Å². The predicted octanol–water partition coefficient (Wildman–Crippen LogP) is 5.51. The van der Waals surface area contributed by atoms with Gasteiger partial charge < -0.3 is 9.47 Å². The minimum Gasteiger partial charge on any atom is -0.445 e. The zero-order valence-corrected chi connectivity index (χ0v) is 16.2. The van der Waals surface area contributed by atoms with Gasteiger partial charge in [0.05, 0.1) is 16.1 Å². The topological polar surface area (TPSA) is 89.6 Å². The zero-order valence-electron chi connectivity index (χ0n) is 15.4. The fourth-order valence-electron chi connectivity index (χ4n) is 2.63. The summed E-state index contributed by atoms with van der Waals surface area (Å²) in [6.45, 7) is 7.20. The molecule has 8 heteroatoms. The molecule has 1 aromatic heterocycles. The van der Waals surface area contributed by atoms with Crippen molar-refractivity contribution < 1.29 is 19.1 Å². The fraction of sp³-hybridized carbons (Fsp3) is 0.0952. The van der Waals surface area contributed by atoms with E-state index in [0.717, 1.165) is 10.8 Å². The highest BCUT2D eigenvalue weighted by atomic mass is 35.5. The number of nitrogens with zero attached hydrogens (tertiary/aromatic N) is 1. The van der Waals surface area contributed by atoms with Crippen LogP contribution in [0.4, 0.5) is 21.0 Å². The van der Waals surface area contributed by atoms with Gasteiger partial charge >= 0.3 is 12.2 Å². The van der Waals surface area contributed by atoms with Gasteiger partial charge in [-0.3, -0.25) is 10.6 Å². The van der Waals surface area contributed by atoms with Gasteiger partial charge in [-0.2, -0.15) is 0 Å². The number of benzene rings is 2. The number of nitrogens with one attached hydrogen (secondary N) is 2. The van der Waals surface area contributed by atoms with Gasteiger partial charge in [0.15, 0.2) is 0 Å². The van der Waals surface area contributed by atoms with E-state index in [1.807, 2.05) is 0 Å². The van der Waals surface area contributed by atoms with E-state index in [1.54, 1.807) is 36.4 Å². The Kier molecular flexibility index (Phi) is 6.31. The van der Waals surface area contributed by atoms with Crippen molar-refractivity contribution in [3.8, 4) is 0 Å². The number of ether oxygens (including phenoxy) is 2. The summed E-state index contributed by atoms with van der Waals surface area (Å²) >= 11 is 6.54. The molecule has 2 N–H and O–H groups in total. The third kappa shape index (κ3) is 4.83. The van der Waals surface area contributed by atoms with Gasteiger partial charge in [-0.1, -0.05) is 36.9 Å². The van der Waals surface area contributed by atoms with E-state index in [2.05, 4.69) is 28.8 Å². The number of fused-ring (bicyclic) bond motifs is 2. The molecule has 0 saturated carbocycles. The normalized spacial score (nSPS) is 10.4. The summed E-state index contributed by atoms with van der Waals surface area (Å²) in [4.78, 5) is 28.0. The minimum absolute atomic E-state index is 0.110. The Balaban J connectivity index is 1.92. The number of rotatable bonds is 6. The second-order valence-corrected chi connectivity index (χ2v) is 6.29. The number of hydrogen-bond acceptors (Lipinski definition) is 5. The number of hydrogen-bond donors (Lipinski definition) is 2. The van der Waals surface area contributed by atoms with Crippen LogP contribution in [-0.4, -0.2) is 30.4 Å². The molecule has 2 aromatic carbocycles. The molecular formula is C21H18ClN3O4. The fourth-order valence-corrected chi connectivity index (χ4v) is 2.95. The van der Waals surface area contributed by atoms with Gasteiger partial charge in [-0.15, -0.1) is 0 Å². The third-order valence-corrected chi connectivity index (χ3v) is 4.27. The maximum atomic E-state index is 11.7. The van der Waals surface area contributed by atoms with Crippen LogP contribution in [0.25, 0.3) is 21.8 Å². The molecule has 148 valence electrons. The van der Waals surface area contributed by atoms with E-state index in [-0.39, 0.29) is 13.2 Å². The lowest BCUT2D eigenvalue weighted by molar-refractivity contribution is 0.173. The average Bonchev–Trinajstić information content (AvgIpc) is 2.70. The molecule has 1 heterocycles. The van der Waals surface area contributed by atoms with Gasteiger partial charge in [0.1, 0.15) is 13.2 Å². The molecule has 0 bridgehead atoms. The number of amides is 2. The second kappa shape index (κ2) is 9.07. The van der Waals surface area contributed by atoms with Crippen LogP contribution in [0.2, 0.25) is 5.02 Å². The van der Waals surface area contributed by atoms with Crippen molar-refractivity contribution >= 4 is 57.0 Å². The second-order valence-electron chi connectivity index (χ2n) is 5.91. The molecule has 0 saturated heterocycles. The molecule has 0 atom stereocenters. The molecule has 0 aliphatic carbocycles. The Hall–Kier alpha value is -3.58. The quantitative estimate of drug-likeness (QED) is 0.412. The zero-order chi connectivity index (χ0) is 20.8. The Bertz CT molecular complexity index is 1030. The summed E-state index contributed by atoms with van der Waals surface area (Å²) in [7, 11) is 0. The third-order valence-electron chi connectivity index (χ3n) is 3.87. The first-order chi connectivity index (χ1) is 14.0. The summed E-state index contributed by atoms with van der Waals surface area (Å²) in [6.07, 6.45) is 1.76. The first-order valence-corrected chi connectivity index (χ1v) is 9.02. The molecule has 3 rings (SSSR count). The highest BCUT2D eigenvalue weighted by Gasteiger charge is 2.11. The number of aromatic nitrogens is 1. The van der Waals surface area contributed by atoms with Crippen LogP contribution in [0, 0.1) is 0 Å². The van der Waals surface area contributed by atoms with Crippen LogP contribution in [0.1, 0.15) is 0 Å². The van der Waals surface area contributed by atoms with Crippen LogP contribution in [0.15, 0.2) is 61.7 Å². The molecule has 0 spiro atoms. The number of carbonyl (C=O) groups is 2. The molecule has 29 heavy (non-hydrogen) atoms. The Morgan fingerprint density at radius 1 is 0.897 bits per heavy atom. The van der Waals surface area contributed by atoms with Crippen LogP contribution in [0.5, 0.6) is 0 Å². The van der Waals surface area contributed by atoms with E-state index in [1.165, 1.54) is 12.2 Å². The van der Waals surface area contributed by atoms with Gasteiger partial charge in [0.25, 0.3) is 0 Å². The van der Waals surface area contributed by atoms with Gasteiger partial charge in [-0.25, -0.2) is 14.6 Å². The largest absolute Gasteiger partial charge is 0.445 e. The van der Waals surface area contributed by atoms with Crippen molar-refractivity contribution in [3.05, 3.63) is 66.7 Å². The number of carbonyl (C=O) groups excluding carboxylic acids is 2. The van der Waals surface area contributed by atoms with Crippen molar-refractivity contribution in [2.24, 2.45) is 0 Å². The first kappa shape index (κ1) is 20.2. The molecule has 0 radical (unpaired) electrons. The van der Waals surface area contributed by atoms with Crippen molar-refractivity contribution in [2.75, 3.05) is 23.8 Å². The summed E-state index contributed by atoms with van der Waals surface area (Å²) in [5.74, 6) is 0. The molecule has 0 aliphatic heterocycles. The van der Waals surface area contributed by atoms with Crippen LogP contribution >= 0.6 is 11.6 Å². The predicted molar refractivity (Wildman–Crippen MR) is 115 cm³/mol. The first-order valence-electron chi connectivity index (χ1n) is 8.64. The SMILES string of the molecule is C=CCOC(=O)Nc1ccc2c(Cl)c3ccc(NC(=O)OCC=C)cc3nc2c1. The summed E-state index contributed by atoms with van der Waals surface area (Å²) in [5, 5.41) is 7.22. The summed E-state index contributed by atoms with van der Waals surface area (Å²) in [5.41, 5.74) is 2.18. The molecule has 0 fully saturated rings. The van der Waals surface area contributed by atoms with Crippen LogP contribution in [0.3, 0.4) is 0 Å².